The average molecular weight is 209 g/mol. The molecule has 0 bridgehead atoms. The lowest BCUT2D eigenvalue weighted by Crippen LogP contribution is -1.97. The first-order chi connectivity index (χ1) is 6.65. The number of aryl methyl sites for hydroxylation is 1. The minimum Gasteiger partial charge on any atom is -0.387 e. The fraction of sp³-hybridized carbons (Fsp3) is 0.333. The van der Waals surface area contributed by atoms with E-state index in [0.29, 0.717) is 11.4 Å². The van der Waals surface area contributed by atoms with Gasteiger partial charge in [0, 0.05) is 17.0 Å². The van der Waals surface area contributed by atoms with Crippen molar-refractivity contribution < 1.29 is 5.11 Å². The molecular weight excluding hydrogens is 196 g/mol. The maximum absolute atomic E-state index is 9.74. The summed E-state index contributed by atoms with van der Waals surface area (Å²) in [5.41, 5.74) is 1.84. The fourth-order valence-electron chi connectivity index (χ4n) is 1.21. The van der Waals surface area contributed by atoms with Crippen LogP contribution in [0.25, 0.3) is 0 Å². The Morgan fingerprint density at radius 3 is 2.79 bits per heavy atom. The molecule has 0 spiro atoms. The van der Waals surface area contributed by atoms with Crippen LogP contribution in [0.1, 0.15) is 30.6 Å². The van der Waals surface area contributed by atoms with Crippen molar-refractivity contribution >= 4 is 11.6 Å². The van der Waals surface area contributed by atoms with Gasteiger partial charge < -0.3 is 5.11 Å². The third-order valence-electron chi connectivity index (χ3n) is 1.99. The van der Waals surface area contributed by atoms with E-state index in [-0.39, 0.29) is 0 Å². The van der Waals surface area contributed by atoms with Gasteiger partial charge in [0.1, 0.15) is 0 Å². The maximum Gasteiger partial charge on any atom is 0.0913 e. The summed E-state index contributed by atoms with van der Waals surface area (Å²) < 4.78 is 0. The normalized spacial score (nSPS) is 11.7. The van der Waals surface area contributed by atoms with E-state index in [2.05, 4.69) is 11.8 Å². The topological polar surface area (TPSA) is 20.2 Å². The summed E-state index contributed by atoms with van der Waals surface area (Å²) in [7, 11) is 0. The summed E-state index contributed by atoms with van der Waals surface area (Å²) in [5.74, 6) is 5.58. The highest BCUT2D eigenvalue weighted by atomic mass is 35.5. The highest BCUT2D eigenvalue weighted by Gasteiger charge is 2.09. The molecule has 0 radical (unpaired) electrons. The molecule has 2 heteroatoms. The Labute approximate surface area is 89.7 Å². The van der Waals surface area contributed by atoms with Crippen LogP contribution < -0.4 is 0 Å². The van der Waals surface area contributed by atoms with Gasteiger partial charge in [0.25, 0.3) is 0 Å². The lowest BCUT2D eigenvalue weighted by atomic mass is 10.1. The molecule has 1 aromatic rings. The van der Waals surface area contributed by atoms with Crippen LogP contribution in [0.2, 0.25) is 5.02 Å². The third kappa shape index (κ3) is 2.77. The van der Waals surface area contributed by atoms with Crippen molar-refractivity contribution in [2.75, 3.05) is 0 Å². The van der Waals surface area contributed by atoms with E-state index in [1.807, 2.05) is 25.1 Å². The van der Waals surface area contributed by atoms with Crippen molar-refractivity contribution in [3.8, 4) is 11.8 Å². The number of aliphatic hydroxyl groups is 1. The Morgan fingerprint density at radius 1 is 1.50 bits per heavy atom. The van der Waals surface area contributed by atoms with Gasteiger partial charge in [0.2, 0.25) is 0 Å². The molecule has 74 valence electrons. The van der Waals surface area contributed by atoms with Gasteiger partial charge in [-0.3, -0.25) is 0 Å². The van der Waals surface area contributed by atoms with E-state index < -0.39 is 6.10 Å². The van der Waals surface area contributed by atoms with Gasteiger partial charge in [-0.2, -0.15) is 0 Å². The Hall–Kier alpha value is -0.970. The molecule has 1 rings (SSSR count). The molecule has 1 N–H and O–H groups in total. The zero-order chi connectivity index (χ0) is 10.6. The highest BCUT2D eigenvalue weighted by molar-refractivity contribution is 6.31. The third-order valence-corrected chi connectivity index (χ3v) is 2.31. The molecule has 0 aromatic heterocycles. The first kappa shape index (κ1) is 11.1. The molecule has 0 fully saturated rings. The number of benzene rings is 1. The lowest BCUT2D eigenvalue weighted by molar-refractivity contribution is 0.184. The first-order valence-corrected chi connectivity index (χ1v) is 4.86. The van der Waals surface area contributed by atoms with Crippen molar-refractivity contribution in [1.29, 1.82) is 0 Å². The first-order valence-electron chi connectivity index (χ1n) is 4.49. The summed E-state index contributed by atoms with van der Waals surface area (Å²) in [4.78, 5) is 0. The summed E-state index contributed by atoms with van der Waals surface area (Å²) in [5, 5.41) is 10.3. The van der Waals surface area contributed by atoms with Crippen molar-refractivity contribution in [3.63, 3.8) is 0 Å². The van der Waals surface area contributed by atoms with Gasteiger partial charge in [0.05, 0.1) is 6.10 Å². The van der Waals surface area contributed by atoms with Crippen LogP contribution in [0, 0.1) is 18.8 Å². The van der Waals surface area contributed by atoms with Crippen LogP contribution in [0.5, 0.6) is 0 Å². The second-order valence-corrected chi connectivity index (χ2v) is 3.58. The van der Waals surface area contributed by atoms with Crippen LogP contribution in [0.4, 0.5) is 0 Å². The summed E-state index contributed by atoms with van der Waals surface area (Å²) in [6, 6.07) is 5.63. The lowest BCUT2D eigenvalue weighted by Gasteiger charge is -2.09. The summed E-state index contributed by atoms with van der Waals surface area (Å²) in [6.45, 7) is 3.72. The second kappa shape index (κ2) is 5.05. The molecule has 1 aromatic carbocycles. The maximum atomic E-state index is 9.74. The van der Waals surface area contributed by atoms with Gasteiger partial charge in [-0.15, -0.1) is 11.8 Å². The molecular formula is C12H13ClO. The van der Waals surface area contributed by atoms with Crippen molar-refractivity contribution in [3.05, 3.63) is 34.3 Å². The molecule has 0 saturated heterocycles. The zero-order valence-corrected chi connectivity index (χ0v) is 9.10. The van der Waals surface area contributed by atoms with Crippen molar-refractivity contribution in [2.45, 2.75) is 26.4 Å². The van der Waals surface area contributed by atoms with Crippen LogP contribution in [0.3, 0.4) is 0 Å². The van der Waals surface area contributed by atoms with E-state index in [9.17, 15) is 5.11 Å². The predicted molar refractivity (Wildman–Crippen MR) is 59.2 cm³/mol. The van der Waals surface area contributed by atoms with Crippen LogP contribution >= 0.6 is 11.6 Å². The van der Waals surface area contributed by atoms with E-state index >= 15 is 0 Å². The standard InChI is InChI=1S/C12H13ClO/c1-3-4-5-12(14)10-7-6-9(2)8-11(10)13/h6-8,12,14H,5H2,1-2H3. The van der Waals surface area contributed by atoms with Crippen LogP contribution in [-0.2, 0) is 0 Å². The van der Waals surface area contributed by atoms with Crippen molar-refractivity contribution in [1.82, 2.24) is 0 Å². The Morgan fingerprint density at radius 2 is 2.21 bits per heavy atom. The molecule has 1 atom stereocenters. The molecule has 0 aliphatic heterocycles. The number of hydrogen-bond acceptors (Lipinski definition) is 1. The van der Waals surface area contributed by atoms with E-state index in [1.165, 1.54) is 0 Å². The van der Waals surface area contributed by atoms with E-state index in [1.54, 1.807) is 6.92 Å². The molecule has 1 nitrogen and oxygen atoms in total. The molecule has 0 aliphatic carbocycles. The van der Waals surface area contributed by atoms with Gasteiger partial charge >= 0.3 is 0 Å². The monoisotopic (exact) mass is 208 g/mol. The SMILES string of the molecule is CC#CCC(O)c1ccc(C)cc1Cl. The zero-order valence-electron chi connectivity index (χ0n) is 8.34. The second-order valence-electron chi connectivity index (χ2n) is 3.17. The van der Waals surface area contributed by atoms with Gasteiger partial charge in [-0.25, -0.2) is 0 Å². The number of aliphatic hydroxyl groups excluding tert-OH is 1. The largest absolute Gasteiger partial charge is 0.387 e. The summed E-state index contributed by atoms with van der Waals surface area (Å²) >= 11 is 6.00. The molecule has 1 unspecified atom stereocenters. The molecule has 0 amide bonds. The fourth-order valence-corrected chi connectivity index (χ4v) is 1.57. The van der Waals surface area contributed by atoms with Crippen molar-refractivity contribution in [2.24, 2.45) is 0 Å². The molecule has 0 heterocycles. The average Bonchev–Trinajstić information content (AvgIpc) is 2.14. The van der Waals surface area contributed by atoms with Crippen LogP contribution in [0.15, 0.2) is 18.2 Å². The van der Waals surface area contributed by atoms with E-state index in [0.717, 1.165) is 11.1 Å². The Balaban J connectivity index is 2.88. The predicted octanol–water partition coefficient (Wildman–Crippen LogP) is 3.10. The number of rotatable bonds is 2. The smallest absolute Gasteiger partial charge is 0.0913 e. The van der Waals surface area contributed by atoms with Gasteiger partial charge in [-0.05, 0) is 25.5 Å². The Bertz CT molecular complexity index is 374. The minimum atomic E-state index is -0.587. The Kier molecular flexibility index (Phi) is 4.00. The molecule has 14 heavy (non-hydrogen) atoms. The number of halogens is 1. The quantitative estimate of drug-likeness (QED) is 0.741. The van der Waals surface area contributed by atoms with Crippen LogP contribution in [-0.4, -0.2) is 5.11 Å². The van der Waals surface area contributed by atoms with Gasteiger partial charge in [-0.1, -0.05) is 23.7 Å². The van der Waals surface area contributed by atoms with Gasteiger partial charge in [0.15, 0.2) is 0 Å². The highest BCUT2D eigenvalue weighted by Crippen LogP contribution is 2.25. The van der Waals surface area contributed by atoms with E-state index in [4.69, 9.17) is 11.6 Å². The minimum absolute atomic E-state index is 0.430. The molecule has 0 aliphatic rings. The summed E-state index contributed by atoms with van der Waals surface area (Å²) in [6.07, 6.45) is -0.158. The number of hydrogen-bond donors (Lipinski definition) is 1. The molecule has 0 saturated carbocycles.